The maximum atomic E-state index is 3.61. The Balaban J connectivity index is 2.17. The van der Waals surface area contributed by atoms with Crippen molar-refractivity contribution in [1.82, 2.24) is 10.2 Å². The van der Waals surface area contributed by atoms with Crippen LogP contribution in [-0.2, 0) is 0 Å². The van der Waals surface area contributed by atoms with Gasteiger partial charge in [0.05, 0.1) is 0 Å². The van der Waals surface area contributed by atoms with Crippen LogP contribution in [0.3, 0.4) is 0 Å². The molecule has 0 aromatic rings. The van der Waals surface area contributed by atoms with Crippen LogP contribution < -0.4 is 5.32 Å². The first kappa shape index (κ1) is 15.0. The summed E-state index contributed by atoms with van der Waals surface area (Å²) in [5, 5.41) is 3.61. The molecule has 1 rings (SSSR count). The van der Waals surface area contributed by atoms with Gasteiger partial charge in [0.15, 0.2) is 0 Å². The number of hydrogen-bond acceptors (Lipinski definition) is 2. The molecule has 0 bridgehead atoms. The molecule has 102 valence electrons. The second kappa shape index (κ2) is 8.93. The van der Waals surface area contributed by atoms with Gasteiger partial charge < -0.3 is 5.32 Å². The van der Waals surface area contributed by atoms with Gasteiger partial charge in [-0.2, -0.15) is 0 Å². The average Bonchev–Trinajstić information content (AvgIpc) is 2.84. The first-order valence-corrected chi connectivity index (χ1v) is 7.75. The highest BCUT2D eigenvalue weighted by molar-refractivity contribution is 4.79. The van der Waals surface area contributed by atoms with Crippen molar-refractivity contribution in [3.63, 3.8) is 0 Å². The Bertz CT molecular complexity index is 176. The lowest BCUT2D eigenvalue weighted by Gasteiger charge is -2.30. The van der Waals surface area contributed by atoms with Crippen LogP contribution in [0.4, 0.5) is 0 Å². The predicted molar refractivity (Wildman–Crippen MR) is 76.5 cm³/mol. The Morgan fingerprint density at radius 3 is 2.65 bits per heavy atom. The van der Waals surface area contributed by atoms with Crippen molar-refractivity contribution in [2.75, 3.05) is 19.6 Å². The minimum atomic E-state index is 0.757. The summed E-state index contributed by atoms with van der Waals surface area (Å²) in [6.45, 7) is 10.7. The zero-order valence-corrected chi connectivity index (χ0v) is 12.2. The summed E-state index contributed by atoms with van der Waals surface area (Å²) >= 11 is 0. The molecule has 0 aliphatic carbocycles. The van der Waals surface area contributed by atoms with E-state index in [9.17, 15) is 0 Å². The normalized spacial score (nSPS) is 22.2. The van der Waals surface area contributed by atoms with E-state index in [1.807, 2.05) is 0 Å². The standard InChI is InChI=1S/C15H32N2/c1-4-6-7-8-10-14(3)17(5-2)13-15-11-9-12-16-15/h14-16H,4-13H2,1-3H3. The molecule has 0 amide bonds. The van der Waals surface area contributed by atoms with Gasteiger partial charge in [0.1, 0.15) is 0 Å². The lowest BCUT2D eigenvalue weighted by Crippen LogP contribution is -2.42. The molecule has 0 spiro atoms. The third-order valence-electron chi connectivity index (χ3n) is 4.12. The van der Waals surface area contributed by atoms with E-state index in [4.69, 9.17) is 0 Å². The Hall–Kier alpha value is -0.0800. The molecule has 0 aromatic carbocycles. The summed E-state index contributed by atoms with van der Waals surface area (Å²) in [7, 11) is 0. The van der Waals surface area contributed by atoms with Crippen molar-refractivity contribution in [3.8, 4) is 0 Å². The SMILES string of the molecule is CCCCCCC(C)N(CC)CC1CCCN1. The highest BCUT2D eigenvalue weighted by Gasteiger charge is 2.19. The number of hydrogen-bond donors (Lipinski definition) is 1. The van der Waals surface area contributed by atoms with E-state index in [0.717, 1.165) is 12.1 Å². The average molecular weight is 240 g/mol. The van der Waals surface area contributed by atoms with Crippen LogP contribution in [0, 0.1) is 0 Å². The summed E-state index contributed by atoms with van der Waals surface area (Å²) in [6.07, 6.45) is 9.69. The van der Waals surface area contributed by atoms with Crippen LogP contribution in [0.15, 0.2) is 0 Å². The van der Waals surface area contributed by atoms with Gasteiger partial charge in [0.25, 0.3) is 0 Å². The summed E-state index contributed by atoms with van der Waals surface area (Å²) in [5.74, 6) is 0. The van der Waals surface area contributed by atoms with Crippen LogP contribution in [0.1, 0.15) is 65.7 Å². The van der Waals surface area contributed by atoms with Crippen molar-refractivity contribution in [2.45, 2.75) is 77.8 Å². The third kappa shape index (κ3) is 5.87. The quantitative estimate of drug-likeness (QED) is 0.621. The van der Waals surface area contributed by atoms with Gasteiger partial charge in [-0.25, -0.2) is 0 Å². The summed E-state index contributed by atoms with van der Waals surface area (Å²) < 4.78 is 0. The zero-order chi connectivity index (χ0) is 12.5. The fraction of sp³-hybridized carbons (Fsp3) is 1.00. The molecular formula is C15H32N2. The number of nitrogens with zero attached hydrogens (tertiary/aromatic N) is 1. The third-order valence-corrected chi connectivity index (χ3v) is 4.12. The van der Waals surface area contributed by atoms with E-state index in [-0.39, 0.29) is 0 Å². The van der Waals surface area contributed by atoms with E-state index in [0.29, 0.717) is 0 Å². The number of nitrogens with one attached hydrogen (secondary N) is 1. The van der Waals surface area contributed by atoms with Crippen molar-refractivity contribution in [3.05, 3.63) is 0 Å². The Morgan fingerprint density at radius 2 is 2.06 bits per heavy atom. The van der Waals surface area contributed by atoms with E-state index < -0.39 is 0 Å². The molecule has 1 saturated heterocycles. The van der Waals surface area contributed by atoms with Gasteiger partial charge in [-0.05, 0) is 39.3 Å². The smallest absolute Gasteiger partial charge is 0.0195 e. The summed E-state index contributed by atoms with van der Waals surface area (Å²) in [5.41, 5.74) is 0. The molecule has 0 aromatic heterocycles. The molecule has 2 nitrogen and oxygen atoms in total. The van der Waals surface area contributed by atoms with E-state index in [2.05, 4.69) is 31.0 Å². The molecular weight excluding hydrogens is 208 g/mol. The molecule has 1 fully saturated rings. The van der Waals surface area contributed by atoms with Crippen LogP contribution in [0.5, 0.6) is 0 Å². The molecule has 1 heterocycles. The van der Waals surface area contributed by atoms with Crippen LogP contribution in [-0.4, -0.2) is 36.6 Å². The van der Waals surface area contributed by atoms with Crippen molar-refractivity contribution in [1.29, 1.82) is 0 Å². The summed E-state index contributed by atoms with van der Waals surface area (Å²) in [6, 6.07) is 1.52. The first-order chi connectivity index (χ1) is 8.27. The van der Waals surface area contributed by atoms with Gasteiger partial charge >= 0.3 is 0 Å². The van der Waals surface area contributed by atoms with Crippen LogP contribution >= 0.6 is 0 Å². The molecule has 1 aliphatic heterocycles. The molecule has 17 heavy (non-hydrogen) atoms. The Morgan fingerprint density at radius 1 is 1.24 bits per heavy atom. The fourth-order valence-corrected chi connectivity index (χ4v) is 2.87. The Kier molecular flexibility index (Phi) is 7.87. The molecule has 1 N–H and O–H groups in total. The number of likely N-dealkylation sites (N-methyl/N-ethyl adjacent to an activating group) is 1. The van der Waals surface area contributed by atoms with Crippen molar-refractivity contribution in [2.24, 2.45) is 0 Å². The largest absolute Gasteiger partial charge is 0.313 e. The summed E-state index contributed by atoms with van der Waals surface area (Å²) in [4.78, 5) is 2.66. The maximum absolute atomic E-state index is 3.61. The highest BCUT2D eigenvalue weighted by Crippen LogP contribution is 2.13. The minimum absolute atomic E-state index is 0.757. The molecule has 0 saturated carbocycles. The first-order valence-electron chi connectivity index (χ1n) is 7.75. The van der Waals surface area contributed by atoms with Crippen LogP contribution in [0.25, 0.3) is 0 Å². The highest BCUT2D eigenvalue weighted by atomic mass is 15.2. The second-order valence-corrected chi connectivity index (χ2v) is 5.58. The van der Waals surface area contributed by atoms with Gasteiger partial charge in [0.2, 0.25) is 0 Å². The molecule has 2 unspecified atom stereocenters. The van der Waals surface area contributed by atoms with Gasteiger partial charge in [0, 0.05) is 18.6 Å². The van der Waals surface area contributed by atoms with E-state index >= 15 is 0 Å². The second-order valence-electron chi connectivity index (χ2n) is 5.58. The lowest BCUT2D eigenvalue weighted by molar-refractivity contribution is 0.189. The van der Waals surface area contributed by atoms with Crippen molar-refractivity contribution >= 4 is 0 Å². The molecule has 0 radical (unpaired) electrons. The molecule has 2 atom stereocenters. The lowest BCUT2D eigenvalue weighted by atomic mass is 10.1. The zero-order valence-electron chi connectivity index (χ0n) is 12.2. The van der Waals surface area contributed by atoms with E-state index in [1.165, 1.54) is 64.6 Å². The topological polar surface area (TPSA) is 15.3 Å². The van der Waals surface area contributed by atoms with E-state index in [1.54, 1.807) is 0 Å². The fourth-order valence-electron chi connectivity index (χ4n) is 2.87. The van der Waals surface area contributed by atoms with Crippen LogP contribution in [0.2, 0.25) is 0 Å². The van der Waals surface area contributed by atoms with Crippen molar-refractivity contribution < 1.29 is 0 Å². The molecule has 2 heteroatoms. The predicted octanol–water partition coefficient (Wildman–Crippen LogP) is 3.42. The number of rotatable bonds is 9. The Labute approximate surface area is 108 Å². The monoisotopic (exact) mass is 240 g/mol. The minimum Gasteiger partial charge on any atom is -0.313 e. The van der Waals surface area contributed by atoms with Gasteiger partial charge in [-0.15, -0.1) is 0 Å². The van der Waals surface area contributed by atoms with Gasteiger partial charge in [-0.3, -0.25) is 4.90 Å². The molecule has 1 aliphatic rings. The van der Waals surface area contributed by atoms with Gasteiger partial charge in [-0.1, -0.05) is 39.5 Å². The maximum Gasteiger partial charge on any atom is 0.0195 e. The number of unbranched alkanes of at least 4 members (excludes halogenated alkanes) is 3.